The lowest BCUT2D eigenvalue weighted by Crippen LogP contribution is -2.34. The lowest BCUT2D eigenvalue weighted by Gasteiger charge is -2.12. The van der Waals surface area contributed by atoms with Gasteiger partial charge in [0.2, 0.25) is 0 Å². The van der Waals surface area contributed by atoms with E-state index in [4.69, 9.17) is 23.8 Å². The van der Waals surface area contributed by atoms with Gasteiger partial charge in [0.1, 0.15) is 0 Å². The lowest BCUT2D eigenvalue weighted by molar-refractivity contribution is 0.0978. The topological polar surface area (TPSA) is 41.1 Å². The van der Waals surface area contributed by atoms with Crippen molar-refractivity contribution in [1.82, 2.24) is 5.32 Å². The zero-order valence-corrected chi connectivity index (χ0v) is 15.5. The van der Waals surface area contributed by atoms with E-state index in [-0.39, 0.29) is 11.0 Å². The average molecular weight is 420 g/mol. The first kappa shape index (κ1) is 16.9. The molecular weight excluding hydrogens is 408 g/mol. The molecule has 1 amide bonds. The van der Waals surface area contributed by atoms with Crippen molar-refractivity contribution in [1.29, 1.82) is 0 Å². The summed E-state index contributed by atoms with van der Waals surface area (Å²) >= 11 is 14.6. The fraction of sp³-hybridized carbons (Fsp3) is 0. The first-order chi connectivity index (χ1) is 11.5. The molecule has 0 atom stereocenters. The molecule has 0 aliphatic rings. The minimum absolute atomic E-state index is 0.238. The number of halogens is 2. The normalized spacial score (nSPS) is 10.4. The number of thiocarbonyl (C=S) groups is 1. The van der Waals surface area contributed by atoms with Crippen LogP contribution < -0.4 is 10.6 Å². The van der Waals surface area contributed by atoms with Gasteiger partial charge in [-0.25, -0.2) is 0 Å². The molecule has 3 aromatic carbocycles. The molecule has 0 aromatic heterocycles. The highest BCUT2D eigenvalue weighted by Gasteiger charge is 2.10. The molecule has 0 bridgehead atoms. The maximum absolute atomic E-state index is 12.2. The first-order valence-corrected chi connectivity index (χ1v) is 8.67. The van der Waals surface area contributed by atoms with Crippen molar-refractivity contribution in [2.24, 2.45) is 0 Å². The number of hydrogen-bond acceptors (Lipinski definition) is 2. The molecule has 0 aliphatic heterocycles. The summed E-state index contributed by atoms with van der Waals surface area (Å²) in [6.45, 7) is 0. The summed E-state index contributed by atoms with van der Waals surface area (Å²) < 4.78 is 1.000. The number of fused-ring (bicyclic) bond motifs is 1. The smallest absolute Gasteiger partial charge is 0.257 e. The van der Waals surface area contributed by atoms with Crippen molar-refractivity contribution in [3.63, 3.8) is 0 Å². The van der Waals surface area contributed by atoms with Gasteiger partial charge in [-0.3, -0.25) is 10.1 Å². The zero-order valence-electron chi connectivity index (χ0n) is 12.3. The minimum Gasteiger partial charge on any atom is -0.332 e. The number of carbonyl (C=O) groups excluding carboxylic acids is 1. The van der Waals surface area contributed by atoms with Gasteiger partial charge in [0.25, 0.3) is 5.91 Å². The van der Waals surface area contributed by atoms with Crippen LogP contribution in [0.4, 0.5) is 5.69 Å². The highest BCUT2D eigenvalue weighted by atomic mass is 79.9. The fourth-order valence-corrected chi connectivity index (χ4v) is 3.11. The number of carbonyl (C=O) groups is 1. The second-order valence-corrected chi connectivity index (χ2v) is 6.75. The van der Waals surface area contributed by atoms with Gasteiger partial charge < -0.3 is 5.32 Å². The Morgan fingerprint density at radius 3 is 2.33 bits per heavy atom. The molecule has 0 heterocycles. The standard InChI is InChI=1S/C18H12BrClN2OS/c19-15-9-10-16(14-4-2-1-3-13(14)15)21-18(24)22-17(23)11-5-7-12(20)8-6-11/h1-10H,(H2,21,22,23,24). The van der Waals surface area contributed by atoms with Gasteiger partial charge in [0.05, 0.1) is 0 Å². The van der Waals surface area contributed by atoms with E-state index in [0.29, 0.717) is 10.6 Å². The Labute approximate surface area is 158 Å². The largest absolute Gasteiger partial charge is 0.332 e. The van der Waals surface area contributed by atoms with Gasteiger partial charge in [-0.15, -0.1) is 0 Å². The molecular formula is C18H12BrClN2OS. The van der Waals surface area contributed by atoms with Gasteiger partial charge in [-0.05, 0) is 54.0 Å². The highest BCUT2D eigenvalue weighted by molar-refractivity contribution is 9.10. The molecule has 2 N–H and O–H groups in total. The average Bonchev–Trinajstić information content (AvgIpc) is 2.58. The Balaban J connectivity index is 1.77. The maximum Gasteiger partial charge on any atom is 0.257 e. The summed E-state index contributed by atoms with van der Waals surface area (Å²) in [6.07, 6.45) is 0. The van der Waals surface area contributed by atoms with Crippen molar-refractivity contribution < 1.29 is 4.79 Å². The fourth-order valence-electron chi connectivity index (χ4n) is 2.30. The Hall–Kier alpha value is -1.95. The van der Waals surface area contributed by atoms with Gasteiger partial charge >= 0.3 is 0 Å². The predicted octanol–water partition coefficient (Wildman–Crippen LogP) is 5.38. The van der Waals surface area contributed by atoms with Crippen LogP contribution in [0.1, 0.15) is 10.4 Å². The summed E-state index contributed by atoms with van der Waals surface area (Å²) in [5.74, 6) is -0.286. The van der Waals surface area contributed by atoms with Crippen molar-refractivity contribution in [3.8, 4) is 0 Å². The number of hydrogen-bond donors (Lipinski definition) is 2. The second kappa shape index (κ2) is 7.30. The first-order valence-electron chi connectivity index (χ1n) is 7.10. The van der Waals surface area contributed by atoms with Crippen LogP contribution in [0.2, 0.25) is 5.02 Å². The Bertz CT molecular complexity index is 928. The lowest BCUT2D eigenvalue weighted by atomic mass is 10.1. The number of rotatable bonds is 2. The van der Waals surface area contributed by atoms with E-state index in [1.54, 1.807) is 24.3 Å². The molecule has 0 spiro atoms. The van der Waals surface area contributed by atoms with Crippen LogP contribution in [0.25, 0.3) is 10.8 Å². The summed E-state index contributed by atoms with van der Waals surface area (Å²) in [4.78, 5) is 12.2. The van der Waals surface area contributed by atoms with Gasteiger partial charge in [0.15, 0.2) is 5.11 Å². The third-order valence-corrected chi connectivity index (χ3v) is 4.60. The van der Waals surface area contributed by atoms with Crippen LogP contribution in [-0.4, -0.2) is 11.0 Å². The monoisotopic (exact) mass is 418 g/mol. The molecule has 120 valence electrons. The molecule has 0 saturated carbocycles. The van der Waals surface area contributed by atoms with Crippen molar-refractivity contribution >= 4 is 67.2 Å². The van der Waals surface area contributed by atoms with E-state index in [0.717, 1.165) is 20.9 Å². The van der Waals surface area contributed by atoms with E-state index >= 15 is 0 Å². The van der Waals surface area contributed by atoms with E-state index < -0.39 is 0 Å². The molecule has 0 radical (unpaired) electrons. The van der Waals surface area contributed by atoms with E-state index in [1.165, 1.54) is 0 Å². The van der Waals surface area contributed by atoms with Crippen molar-refractivity contribution in [2.75, 3.05) is 5.32 Å². The molecule has 0 unspecified atom stereocenters. The van der Waals surface area contributed by atoms with Gasteiger partial charge in [-0.2, -0.15) is 0 Å². The number of benzene rings is 3. The van der Waals surface area contributed by atoms with Crippen molar-refractivity contribution in [3.05, 3.63) is 75.7 Å². The molecule has 3 rings (SSSR count). The van der Waals surface area contributed by atoms with Gasteiger partial charge in [0, 0.05) is 26.1 Å². The molecule has 0 aliphatic carbocycles. The minimum atomic E-state index is -0.286. The number of anilines is 1. The Morgan fingerprint density at radius 2 is 1.62 bits per heavy atom. The third kappa shape index (κ3) is 3.75. The summed E-state index contributed by atoms with van der Waals surface area (Å²) in [6, 6.07) is 18.4. The van der Waals surface area contributed by atoms with E-state index in [9.17, 15) is 4.79 Å². The second-order valence-electron chi connectivity index (χ2n) is 5.06. The molecule has 3 aromatic rings. The van der Waals surface area contributed by atoms with Crippen LogP contribution in [0, 0.1) is 0 Å². The van der Waals surface area contributed by atoms with Crippen LogP contribution in [0.3, 0.4) is 0 Å². The highest BCUT2D eigenvalue weighted by Crippen LogP contribution is 2.29. The Morgan fingerprint density at radius 1 is 0.958 bits per heavy atom. The number of nitrogens with one attached hydrogen (secondary N) is 2. The van der Waals surface area contributed by atoms with Crippen LogP contribution in [-0.2, 0) is 0 Å². The molecule has 6 heteroatoms. The quantitative estimate of drug-likeness (QED) is 0.548. The van der Waals surface area contributed by atoms with Crippen LogP contribution >= 0.6 is 39.7 Å². The zero-order chi connectivity index (χ0) is 17.1. The van der Waals surface area contributed by atoms with E-state index in [2.05, 4.69) is 26.6 Å². The molecule has 0 fully saturated rings. The molecule has 3 nitrogen and oxygen atoms in total. The summed E-state index contributed by atoms with van der Waals surface area (Å²) in [5.41, 5.74) is 1.32. The molecule has 24 heavy (non-hydrogen) atoms. The molecule has 0 saturated heterocycles. The van der Waals surface area contributed by atoms with Crippen LogP contribution in [0.15, 0.2) is 65.1 Å². The van der Waals surface area contributed by atoms with Gasteiger partial charge in [-0.1, -0.05) is 51.8 Å². The van der Waals surface area contributed by atoms with Crippen molar-refractivity contribution in [2.45, 2.75) is 0 Å². The SMILES string of the molecule is O=C(NC(=S)Nc1ccc(Br)c2ccccc12)c1ccc(Cl)cc1. The number of amides is 1. The summed E-state index contributed by atoms with van der Waals surface area (Å²) in [5, 5.41) is 8.64. The summed E-state index contributed by atoms with van der Waals surface area (Å²) in [7, 11) is 0. The maximum atomic E-state index is 12.2. The third-order valence-electron chi connectivity index (χ3n) is 3.45. The van der Waals surface area contributed by atoms with Crippen LogP contribution in [0.5, 0.6) is 0 Å². The van der Waals surface area contributed by atoms with E-state index in [1.807, 2.05) is 36.4 Å². The Kier molecular flexibility index (Phi) is 5.14. The predicted molar refractivity (Wildman–Crippen MR) is 107 cm³/mol.